The average Bonchev–Trinajstić information content (AvgIpc) is 3.13. The number of hydrogen-bond acceptors (Lipinski definition) is 10. The van der Waals surface area contributed by atoms with Gasteiger partial charge in [-0.05, 0) is 45.7 Å². The van der Waals surface area contributed by atoms with Crippen LogP contribution in [0.25, 0.3) is 16.9 Å². The fourth-order valence-corrected chi connectivity index (χ4v) is 4.44. The number of aromatic nitrogens is 5. The molecule has 34 heavy (non-hydrogen) atoms. The second kappa shape index (κ2) is 8.70. The number of nitrogens with zero attached hydrogens (tertiary/aromatic N) is 6. The van der Waals surface area contributed by atoms with Crippen molar-refractivity contribution < 1.29 is 17.9 Å². The number of rotatable bonds is 4. The molecule has 1 fully saturated rings. The molecule has 182 valence electrons. The number of nitrogen functional groups attached to an aromatic ring is 1. The molecule has 3 N–H and O–H groups in total. The minimum atomic E-state index is -3.59. The molecule has 3 aromatic heterocycles. The van der Waals surface area contributed by atoms with Gasteiger partial charge in [0.05, 0.1) is 17.1 Å². The van der Waals surface area contributed by atoms with Crippen molar-refractivity contribution in [3.05, 3.63) is 24.7 Å². The number of nitrogens with one attached hydrogen (secondary N) is 1. The first-order valence-electron chi connectivity index (χ1n) is 10.8. The zero-order valence-corrected chi connectivity index (χ0v) is 20.3. The van der Waals surface area contributed by atoms with Gasteiger partial charge in [0.25, 0.3) is 0 Å². The molecule has 1 aliphatic heterocycles. The topological polar surface area (TPSA) is 158 Å². The third-order valence-corrected chi connectivity index (χ3v) is 6.13. The normalized spacial score (nSPS) is 17.1. The van der Waals surface area contributed by atoms with Crippen molar-refractivity contribution >= 4 is 33.0 Å². The van der Waals surface area contributed by atoms with Gasteiger partial charge in [0.15, 0.2) is 5.82 Å². The van der Waals surface area contributed by atoms with Gasteiger partial charge >= 0.3 is 6.09 Å². The van der Waals surface area contributed by atoms with Crippen molar-refractivity contribution in [2.75, 3.05) is 30.0 Å². The summed E-state index contributed by atoms with van der Waals surface area (Å²) in [6.45, 7) is 6.72. The van der Waals surface area contributed by atoms with Gasteiger partial charge in [0.2, 0.25) is 15.0 Å². The molecule has 1 saturated heterocycles. The fourth-order valence-electron chi connectivity index (χ4n) is 3.92. The van der Waals surface area contributed by atoms with Crippen LogP contribution in [-0.4, -0.2) is 70.1 Å². The van der Waals surface area contributed by atoms with Crippen LogP contribution in [0.4, 0.5) is 16.3 Å². The molecule has 0 bridgehead atoms. The van der Waals surface area contributed by atoms with E-state index in [0.29, 0.717) is 23.4 Å². The quantitative estimate of drug-likeness (QED) is 0.517. The minimum Gasteiger partial charge on any atom is -0.444 e. The second-order valence-electron chi connectivity index (χ2n) is 9.25. The Balaban J connectivity index is 1.70. The highest BCUT2D eigenvalue weighted by atomic mass is 32.2. The van der Waals surface area contributed by atoms with Crippen molar-refractivity contribution in [2.45, 2.75) is 50.4 Å². The Hall–Kier alpha value is -3.48. The SMILES string of the molecule is CC(C)(C)OC(=O)N[C@@H]1CCCN(c2cc(-c3ccnc(S(C)(=O)=O)n3)n3ncnc(N)c23)C1. The summed E-state index contributed by atoms with van der Waals surface area (Å²) < 4.78 is 30.9. The largest absolute Gasteiger partial charge is 0.444 e. The van der Waals surface area contributed by atoms with Gasteiger partial charge in [0, 0.05) is 31.6 Å². The molecule has 0 unspecified atom stereocenters. The van der Waals surface area contributed by atoms with E-state index in [2.05, 4.69) is 30.3 Å². The maximum Gasteiger partial charge on any atom is 0.407 e. The number of nitrogens with two attached hydrogens (primary N) is 1. The van der Waals surface area contributed by atoms with Crippen molar-refractivity contribution in [3.63, 3.8) is 0 Å². The van der Waals surface area contributed by atoms with Crippen molar-refractivity contribution in [3.8, 4) is 11.4 Å². The number of piperidine rings is 1. The minimum absolute atomic E-state index is 0.122. The van der Waals surface area contributed by atoms with Crippen LogP contribution >= 0.6 is 0 Å². The molecule has 0 saturated carbocycles. The van der Waals surface area contributed by atoms with E-state index in [-0.39, 0.29) is 17.0 Å². The Morgan fingerprint density at radius 1 is 1.29 bits per heavy atom. The van der Waals surface area contributed by atoms with Gasteiger partial charge in [-0.15, -0.1) is 0 Å². The Morgan fingerprint density at radius 3 is 2.76 bits per heavy atom. The summed E-state index contributed by atoms with van der Waals surface area (Å²) in [4.78, 5) is 26.6. The predicted molar refractivity (Wildman–Crippen MR) is 126 cm³/mol. The van der Waals surface area contributed by atoms with Gasteiger partial charge in [-0.25, -0.2) is 32.7 Å². The van der Waals surface area contributed by atoms with E-state index in [1.54, 1.807) is 10.6 Å². The zero-order valence-electron chi connectivity index (χ0n) is 19.5. The van der Waals surface area contributed by atoms with Crippen LogP contribution in [0, 0.1) is 0 Å². The first-order valence-corrected chi connectivity index (χ1v) is 12.7. The van der Waals surface area contributed by atoms with Gasteiger partial charge in [-0.1, -0.05) is 0 Å². The number of carbonyl (C=O) groups is 1. The first kappa shape index (κ1) is 23.7. The summed E-state index contributed by atoms with van der Waals surface area (Å²) in [5.41, 5.74) is 7.92. The lowest BCUT2D eigenvalue weighted by molar-refractivity contribution is 0.0500. The highest BCUT2D eigenvalue weighted by Gasteiger charge is 2.28. The van der Waals surface area contributed by atoms with Crippen molar-refractivity contribution in [1.29, 1.82) is 0 Å². The van der Waals surface area contributed by atoms with Crippen LogP contribution in [0.15, 0.2) is 29.8 Å². The van der Waals surface area contributed by atoms with Crippen molar-refractivity contribution in [1.82, 2.24) is 29.9 Å². The number of fused-ring (bicyclic) bond motifs is 1. The number of sulfone groups is 1. The third-order valence-electron chi connectivity index (χ3n) is 5.27. The molecule has 0 aliphatic carbocycles. The average molecular weight is 489 g/mol. The molecular weight excluding hydrogens is 460 g/mol. The fraction of sp³-hybridized carbons (Fsp3) is 0.476. The van der Waals surface area contributed by atoms with Crippen molar-refractivity contribution in [2.24, 2.45) is 0 Å². The summed E-state index contributed by atoms with van der Waals surface area (Å²) in [7, 11) is -3.59. The maximum absolute atomic E-state index is 12.3. The zero-order chi connectivity index (χ0) is 24.7. The number of amides is 1. The summed E-state index contributed by atoms with van der Waals surface area (Å²) in [6, 6.07) is 3.34. The Bertz CT molecular complexity index is 1330. The van der Waals surface area contributed by atoms with Gasteiger partial charge in [-0.3, -0.25) is 0 Å². The number of anilines is 2. The summed E-state index contributed by atoms with van der Waals surface area (Å²) in [6.07, 6.45) is 4.97. The van der Waals surface area contributed by atoms with E-state index >= 15 is 0 Å². The number of ether oxygens (including phenoxy) is 1. The molecule has 0 aromatic carbocycles. The molecule has 13 heteroatoms. The van der Waals surface area contributed by atoms with Crippen LogP contribution < -0.4 is 16.0 Å². The lowest BCUT2D eigenvalue weighted by Crippen LogP contribution is -2.49. The molecule has 4 heterocycles. The standard InChI is InChI=1S/C21H28N8O4S/c1-21(2,3)33-20(30)26-13-6-5-9-28(11-13)16-10-15(29-17(16)18(22)24-12-25-29)14-7-8-23-19(27-14)34(4,31)32/h7-8,10,12-13H,5-6,9,11H2,1-4H3,(H,26,30)(H2,22,24,25)/t13-/m1/s1. The lowest BCUT2D eigenvalue weighted by Gasteiger charge is -2.34. The third kappa shape index (κ3) is 5.03. The smallest absolute Gasteiger partial charge is 0.407 e. The Kier molecular flexibility index (Phi) is 6.06. The molecule has 3 aromatic rings. The Morgan fingerprint density at radius 2 is 2.06 bits per heavy atom. The van der Waals surface area contributed by atoms with Crippen LogP contribution in [0.2, 0.25) is 0 Å². The van der Waals surface area contributed by atoms with Gasteiger partial charge in [0.1, 0.15) is 17.4 Å². The molecule has 12 nitrogen and oxygen atoms in total. The Labute approximate surface area is 197 Å². The second-order valence-corrected chi connectivity index (χ2v) is 11.2. The first-order chi connectivity index (χ1) is 15.9. The summed E-state index contributed by atoms with van der Waals surface area (Å²) in [5.74, 6) is 0.274. The van der Waals surface area contributed by atoms with E-state index in [9.17, 15) is 13.2 Å². The number of alkyl carbamates (subject to hydrolysis) is 1. The van der Waals surface area contributed by atoms with E-state index in [1.165, 1.54) is 12.5 Å². The van der Waals surface area contributed by atoms with Crippen LogP contribution in [0.3, 0.4) is 0 Å². The lowest BCUT2D eigenvalue weighted by atomic mass is 10.1. The summed E-state index contributed by atoms with van der Waals surface area (Å²) >= 11 is 0. The molecule has 1 aliphatic rings. The number of carbonyl (C=O) groups excluding carboxylic acids is 1. The van der Waals surface area contributed by atoms with E-state index in [0.717, 1.165) is 31.3 Å². The summed E-state index contributed by atoms with van der Waals surface area (Å²) in [5, 5.41) is 7.00. The highest BCUT2D eigenvalue weighted by Crippen LogP contribution is 2.34. The molecular formula is C21H28N8O4S. The number of hydrogen-bond donors (Lipinski definition) is 2. The van der Waals surface area contributed by atoms with Gasteiger partial charge < -0.3 is 20.7 Å². The van der Waals surface area contributed by atoms with E-state index < -0.39 is 21.5 Å². The highest BCUT2D eigenvalue weighted by molar-refractivity contribution is 7.90. The molecule has 0 spiro atoms. The molecule has 0 radical (unpaired) electrons. The van der Waals surface area contributed by atoms with E-state index in [4.69, 9.17) is 10.5 Å². The van der Waals surface area contributed by atoms with Crippen LogP contribution in [0.5, 0.6) is 0 Å². The van der Waals surface area contributed by atoms with E-state index in [1.807, 2.05) is 26.8 Å². The monoisotopic (exact) mass is 488 g/mol. The molecule has 1 atom stereocenters. The molecule has 4 rings (SSSR count). The molecule has 1 amide bonds. The maximum atomic E-state index is 12.3. The predicted octanol–water partition coefficient (Wildman–Crippen LogP) is 1.67. The van der Waals surface area contributed by atoms with Crippen LogP contribution in [-0.2, 0) is 14.6 Å². The van der Waals surface area contributed by atoms with Crippen LogP contribution in [0.1, 0.15) is 33.6 Å². The van der Waals surface area contributed by atoms with Gasteiger partial charge in [-0.2, -0.15) is 5.10 Å².